The highest BCUT2D eigenvalue weighted by Gasteiger charge is 2.33. The Morgan fingerprint density at radius 2 is 2.22 bits per heavy atom. The van der Waals surface area contributed by atoms with Gasteiger partial charge in [0.1, 0.15) is 12.4 Å². The van der Waals surface area contributed by atoms with Gasteiger partial charge in [0.15, 0.2) is 5.75 Å². The van der Waals surface area contributed by atoms with E-state index in [1.807, 2.05) is 0 Å². The van der Waals surface area contributed by atoms with Crippen LogP contribution < -0.4 is 15.2 Å². The largest absolute Gasteiger partial charge is 0.496 e. The molecule has 1 saturated heterocycles. The van der Waals surface area contributed by atoms with Gasteiger partial charge in [-0.3, -0.25) is 15.0 Å². The molecule has 2 N–H and O–H groups in total. The molecule has 1 unspecified atom stereocenters. The van der Waals surface area contributed by atoms with E-state index in [0.717, 1.165) is 26.1 Å². The predicted molar refractivity (Wildman–Crippen MR) is 88.0 cm³/mol. The van der Waals surface area contributed by atoms with Crippen molar-refractivity contribution in [3.63, 3.8) is 0 Å². The Kier molecular flexibility index (Phi) is 5.43. The van der Waals surface area contributed by atoms with E-state index >= 15 is 0 Å². The number of hydrogen-bond donors (Lipinski definition) is 1. The maximum atomic E-state index is 11.1. The van der Waals surface area contributed by atoms with Gasteiger partial charge in [-0.15, -0.1) is 0 Å². The molecule has 0 spiro atoms. The van der Waals surface area contributed by atoms with Crippen LogP contribution >= 0.6 is 0 Å². The molecule has 1 aromatic rings. The number of ether oxygens (including phenoxy) is 2. The van der Waals surface area contributed by atoms with Gasteiger partial charge in [0.05, 0.1) is 18.1 Å². The van der Waals surface area contributed by atoms with Gasteiger partial charge in [0, 0.05) is 19.1 Å². The van der Waals surface area contributed by atoms with Gasteiger partial charge in [-0.05, 0) is 30.5 Å². The minimum Gasteiger partial charge on any atom is -0.496 e. The van der Waals surface area contributed by atoms with Crippen molar-refractivity contribution < 1.29 is 14.4 Å². The fourth-order valence-corrected chi connectivity index (χ4v) is 2.85. The second-order valence-electron chi connectivity index (χ2n) is 6.60. The quantitative estimate of drug-likeness (QED) is 0.636. The maximum absolute atomic E-state index is 11.1. The molecule has 128 valence electrons. The molecule has 0 aromatic heterocycles. The highest BCUT2D eigenvalue weighted by atomic mass is 16.6. The molecular weight excluding hydrogens is 298 g/mol. The SMILES string of the molecule is COc1ccc(OCCN2CCC(N)C(C)(C)C2)c([N+](=O)[O-])c1. The molecule has 0 radical (unpaired) electrons. The van der Waals surface area contributed by atoms with Crippen LogP contribution in [0.25, 0.3) is 0 Å². The number of nitro benzene ring substituents is 1. The summed E-state index contributed by atoms with van der Waals surface area (Å²) in [7, 11) is 1.47. The standard InChI is InChI=1S/C16H25N3O4/c1-16(2)11-18(7-6-15(16)17)8-9-23-14-5-4-12(22-3)10-13(14)19(20)21/h4-5,10,15H,6-9,11,17H2,1-3H3. The van der Waals surface area contributed by atoms with E-state index in [4.69, 9.17) is 15.2 Å². The average Bonchev–Trinajstić information content (AvgIpc) is 2.50. The molecular formula is C16H25N3O4. The molecule has 0 saturated carbocycles. The number of nitrogens with zero attached hydrogens (tertiary/aromatic N) is 2. The molecule has 1 aliphatic rings. The molecule has 0 amide bonds. The molecule has 1 heterocycles. The van der Waals surface area contributed by atoms with Gasteiger partial charge in [-0.1, -0.05) is 13.8 Å². The van der Waals surface area contributed by atoms with Crippen LogP contribution in [0.4, 0.5) is 5.69 Å². The number of methoxy groups -OCH3 is 1. The number of benzene rings is 1. The van der Waals surface area contributed by atoms with E-state index in [2.05, 4.69) is 18.7 Å². The highest BCUT2D eigenvalue weighted by molar-refractivity contribution is 5.50. The van der Waals surface area contributed by atoms with Crippen LogP contribution in [-0.2, 0) is 0 Å². The molecule has 0 aliphatic carbocycles. The minimum atomic E-state index is -0.457. The van der Waals surface area contributed by atoms with Crippen molar-refractivity contribution in [2.24, 2.45) is 11.1 Å². The van der Waals surface area contributed by atoms with Crippen molar-refractivity contribution in [1.82, 2.24) is 4.90 Å². The number of piperidine rings is 1. The van der Waals surface area contributed by atoms with Crippen molar-refractivity contribution >= 4 is 5.69 Å². The van der Waals surface area contributed by atoms with E-state index in [-0.39, 0.29) is 22.9 Å². The van der Waals surface area contributed by atoms with Crippen LogP contribution in [0.2, 0.25) is 0 Å². The molecule has 2 rings (SSSR count). The van der Waals surface area contributed by atoms with Crippen molar-refractivity contribution in [2.75, 3.05) is 33.4 Å². The van der Waals surface area contributed by atoms with E-state index in [1.165, 1.54) is 13.2 Å². The third-order valence-electron chi connectivity index (χ3n) is 4.42. The number of nitro groups is 1. The van der Waals surface area contributed by atoms with Crippen molar-refractivity contribution in [3.05, 3.63) is 28.3 Å². The predicted octanol–water partition coefficient (Wildman–Crippen LogP) is 2.04. The lowest BCUT2D eigenvalue weighted by Crippen LogP contribution is -2.53. The van der Waals surface area contributed by atoms with E-state index in [0.29, 0.717) is 12.4 Å². The average molecular weight is 323 g/mol. The van der Waals surface area contributed by atoms with Gasteiger partial charge in [0.25, 0.3) is 0 Å². The van der Waals surface area contributed by atoms with Gasteiger partial charge < -0.3 is 15.2 Å². The summed E-state index contributed by atoms with van der Waals surface area (Å²) in [5.74, 6) is 0.708. The smallest absolute Gasteiger partial charge is 0.314 e. The van der Waals surface area contributed by atoms with Crippen LogP contribution in [0.5, 0.6) is 11.5 Å². The minimum absolute atomic E-state index is 0.0738. The Morgan fingerprint density at radius 3 is 2.83 bits per heavy atom. The summed E-state index contributed by atoms with van der Waals surface area (Å²) in [6.45, 7) is 7.29. The summed E-state index contributed by atoms with van der Waals surface area (Å²) in [5.41, 5.74) is 6.13. The summed E-state index contributed by atoms with van der Waals surface area (Å²) in [5, 5.41) is 11.1. The van der Waals surface area contributed by atoms with Gasteiger partial charge in [-0.25, -0.2) is 0 Å². The molecule has 1 fully saturated rings. The van der Waals surface area contributed by atoms with Crippen LogP contribution in [-0.4, -0.2) is 49.2 Å². The van der Waals surface area contributed by atoms with E-state index in [9.17, 15) is 10.1 Å². The zero-order valence-electron chi connectivity index (χ0n) is 13.9. The topological polar surface area (TPSA) is 90.9 Å². The zero-order valence-corrected chi connectivity index (χ0v) is 13.9. The second-order valence-corrected chi connectivity index (χ2v) is 6.60. The summed E-state index contributed by atoms with van der Waals surface area (Å²) >= 11 is 0. The van der Waals surface area contributed by atoms with E-state index in [1.54, 1.807) is 12.1 Å². The Morgan fingerprint density at radius 1 is 1.48 bits per heavy atom. The lowest BCUT2D eigenvalue weighted by atomic mass is 9.80. The number of rotatable bonds is 6. The molecule has 1 aliphatic heterocycles. The number of nitrogens with two attached hydrogens (primary N) is 1. The van der Waals surface area contributed by atoms with Crippen molar-refractivity contribution in [1.29, 1.82) is 0 Å². The van der Waals surface area contributed by atoms with Crippen LogP contribution in [0, 0.1) is 15.5 Å². The molecule has 7 nitrogen and oxygen atoms in total. The maximum Gasteiger partial charge on any atom is 0.314 e. The van der Waals surface area contributed by atoms with E-state index < -0.39 is 4.92 Å². The lowest BCUT2D eigenvalue weighted by molar-refractivity contribution is -0.385. The van der Waals surface area contributed by atoms with Crippen molar-refractivity contribution in [2.45, 2.75) is 26.3 Å². The van der Waals surface area contributed by atoms with Gasteiger partial charge in [0.2, 0.25) is 0 Å². The first-order chi connectivity index (χ1) is 10.8. The second kappa shape index (κ2) is 7.14. The fourth-order valence-electron chi connectivity index (χ4n) is 2.85. The molecule has 1 atom stereocenters. The normalized spacial score (nSPS) is 21.0. The van der Waals surface area contributed by atoms with Crippen molar-refractivity contribution in [3.8, 4) is 11.5 Å². The first-order valence-electron chi connectivity index (χ1n) is 7.76. The Bertz CT molecular complexity index is 562. The molecule has 7 heteroatoms. The highest BCUT2D eigenvalue weighted by Crippen LogP contribution is 2.31. The van der Waals surface area contributed by atoms with Gasteiger partial charge in [-0.2, -0.15) is 0 Å². The molecule has 1 aromatic carbocycles. The Balaban J connectivity index is 1.93. The van der Waals surface area contributed by atoms with Crippen LogP contribution in [0.3, 0.4) is 0 Å². The lowest BCUT2D eigenvalue weighted by Gasteiger charge is -2.42. The third-order valence-corrected chi connectivity index (χ3v) is 4.42. The first-order valence-corrected chi connectivity index (χ1v) is 7.76. The molecule has 23 heavy (non-hydrogen) atoms. The summed E-state index contributed by atoms with van der Waals surface area (Å²) in [6, 6.07) is 4.82. The zero-order chi connectivity index (χ0) is 17.0. The Labute approximate surface area is 136 Å². The fraction of sp³-hybridized carbons (Fsp3) is 0.625. The Hall–Kier alpha value is -1.86. The molecule has 0 bridgehead atoms. The van der Waals surface area contributed by atoms with Gasteiger partial charge >= 0.3 is 5.69 Å². The first kappa shape index (κ1) is 17.5. The summed E-state index contributed by atoms with van der Waals surface area (Å²) in [4.78, 5) is 13.0. The van der Waals surface area contributed by atoms with Crippen LogP contribution in [0.15, 0.2) is 18.2 Å². The monoisotopic (exact) mass is 323 g/mol. The number of hydrogen-bond acceptors (Lipinski definition) is 6. The van der Waals surface area contributed by atoms with Crippen LogP contribution in [0.1, 0.15) is 20.3 Å². The summed E-state index contributed by atoms with van der Waals surface area (Å²) < 4.78 is 10.6. The number of likely N-dealkylation sites (tertiary alicyclic amines) is 1. The third kappa shape index (κ3) is 4.33. The summed E-state index contributed by atoms with van der Waals surface area (Å²) in [6.07, 6.45) is 0.954.